The third kappa shape index (κ3) is 6.02. The van der Waals surface area contributed by atoms with E-state index >= 15 is 4.39 Å². The van der Waals surface area contributed by atoms with E-state index in [1.165, 1.54) is 0 Å². The number of rotatable bonds is 7. The van der Waals surface area contributed by atoms with E-state index < -0.39 is 59.3 Å². The molecule has 2 aromatic heterocycles. The van der Waals surface area contributed by atoms with Crippen LogP contribution in [0.25, 0.3) is 22.0 Å². The maximum absolute atomic E-state index is 16.3. The van der Waals surface area contributed by atoms with Crippen molar-refractivity contribution in [2.24, 2.45) is 0 Å². The number of benzene rings is 1. The molecular weight excluding hydrogens is 591 g/mol. The zero-order valence-corrected chi connectivity index (χ0v) is 24.5. The minimum Gasteiger partial charge on any atom is -0.472 e. The summed E-state index contributed by atoms with van der Waals surface area (Å²) in [5.74, 6) is -3.82. The standard InChI is InChI=1S/C29H33F5N6O4/c1-5-19(28(42)40-7-6-16(41)11-40)36-10-20-14(4)43-27-22-21(12(2)13(3)37-26(22)38-20)23(31)24(39-27)17-8-15(35)9-18(30)25(17)44-29(32,33)34/h8-9,14,16,19-20,36,41H,5-7,10-11,35H2,1-4H3,(H,37,38). The van der Waals surface area contributed by atoms with Gasteiger partial charge in [0.15, 0.2) is 17.4 Å². The van der Waals surface area contributed by atoms with Gasteiger partial charge in [0, 0.05) is 42.5 Å². The zero-order chi connectivity index (χ0) is 32.1. The van der Waals surface area contributed by atoms with Crippen molar-refractivity contribution < 1.29 is 41.3 Å². The van der Waals surface area contributed by atoms with Gasteiger partial charge < -0.3 is 35.8 Å². The maximum Gasteiger partial charge on any atom is 0.573 e. The van der Waals surface area contributed by atoms with E-state index in [4.69, 9.17) is 10.5 Å². The molecular formula is C29H33F5N6O4. The summed E-state index contributed by atoms with van der Waals surface area (Å²) in [6, 6.07) is 0.523. The van der Waals surface area contributed by atoms with Crippen LogP contribution in [-0.2, 0) is 4.79 Å². The van der Waals surface area contributed by atoms with Crippen LogP contribution in [0.4, 0.5) is 33.5 Å². The Hall–Kier alpha value is -3.98. The number of likely N-dealkylation sites (tertiary alicyclic amines) is 1. The van der Waals surface area contributed by atoms with Gasteiger partial charge >= 0.3 is 6.36 Å². The molecule has 2 aliphatic rings. The Morgan fingerprint density at radius 1 is 1.27 bits per heavy atom. The number of alkyl halides is 3. The van der Waals surface area contributed by atoms with Crippen LogP contribution in [0.3, 0.4) is 0 Å². The van der Waals surface area contributed by atoms with Gasteiger partial charge in [0.25, 0.3) is 0 Å². The Morgan fingerprint density at radius 3 is 2.64 bits per heavy atom. The normalized spacial score (nSPS) is 20.7. The number of aromatic nitrogens is 2. The topological polar surface area (TPSA) is 135 Å². The fourth-order valence-electron chi connectivity index (χ4n) is 5.59. The second kappa shape index (κ2) is 11.8. The van der Waals surface area contributed by atoms with Crippen LogP contribution >= 0.6 is 0 Å². The molecule has 1 fully saturated rings. The predicted octanol–water partition coefficient (Wildman–Crippen LogP) is 4.20. The third-order valence-electron chi connectivity index (χ3n) is 8.03. The molecule has 238 valence electrons. The number of aliphatic hydroxyl groups excluding tert-OH is 1. The fraction of sp³-hybridized carbons (Fsp3) is 0.483. The lowest BCUT2D eigenvalue weighted by Crippen LogP contribution is -2.51. The molecule has 0 radical (unpaired) electrons. The highest BCUT2D eigenvalue weighted by atomic mass is 19.4. The SMILES string of the molecule is CCC(NCC1Nc2nc(C)c(C)c3c(F)c(-c4cc(N)cc(F)c4OC(F)(F)F)nc(c23)OC1C)C(=O)N1CCC(O)C1. The number of nitrogens with zero attached hydrogens (tertiary/aromatic N) is 3. The number of nitrogen functional groups attached to an aromatic ring is 1. The van der Waals surface area contributed by atoms with Gasteiger partial charge in [-0.1, -0.05) is 6.92 Å². The molecule has 5 rings (SSSR count). The number of amides is 1. The maximum atomic E-state index is 16.3. The number of nitrogens with one attached hydrogen (secondary N) is 2. The minimum absolute atomic E-state index is 0.0317. The predicted molar refractivity (Wildman–Crippen MR) is 152 cm³/mol. The van der Waals surface area contributed by atoms with E-state index in [-0.39, 0.29) is 47.2 Å². The monoisotopic (exact) mass is 624 g/mol. The molecule has 0 spiro atoms. The quantitative estimate of drug-likeness (QED) is 0.226. The average Bonchev–Trinajstić information content (AvgIpc) is 3.33. The van der Waals surface area contributed by atoms with Crippen molar-refractivity contribution in [1.82, 2.24) is 20.2 Å². The van der Waals surface area contributed by atoms with Crippen molar-refractivity contribution in [3.63, 3.8) is 0 Å². The summed E-state index contributed by atoms with van der Waals surface area (Å²) >= 11 is 0. The number of aliphatic hydroxyl groups is 1. The van der Waals surface area contributed by atoms with Gasteiger partial charge in [-0.3, -0.25) is 4.79 Å². The van der Waals surface area contributed by atoms with Gasteiger partial charge in [0.1, 0.15) is 17.6 Å². The van der Waals surface area contributed by atoms with Crippen LogP contribution in [-0.4, -0.2) is 76.2 Å². The lowest BCUT2D eigenvalue weighted by atomic mass is 10.0. The van der Waals surface area contributed by atoms with E-state index in [0.717, 1.165) is 6.07 Å². The van der Waals surface area contributed by atoms with E-state index in [2.05, 4.69) is 25.3 Å². The molecule has 5 N–H and O–H groups in total. The molecule has 4 heterocycles. The van der Waals surface area contributed by atoms with Gasteiger partial charge in [-0.05, 0) is 45.2 Å². The second-order valence-corrected chi connectivity index (χ2v) is 11.1. The first-order valence-electron chi connectivity index (χ1n) is 14.2. The lowest BCUT2D eigenvalue weighted by molar-refractivity contribution is -0.275. The van der Waals surface area contributed by atoms with Crippen molar-refractivity contribution in [3.05, 3.63) is 35.0 Å². The summed E-state index contributed by atoms with van der Waals surface area (Å²) in [6.07, 6.45) is -5.51. The lowest BCUT2D eigenvalue weighted by Gasteiger charge is -2.28. The smallest absolute Gasteiger partial charge is 0.472 e. The molecule has 10 nitrogen and oxygen atoms in total. The molecule has 0 aliphatic carbocycles. The number of nitrogens with two attached hydrogens (primary N) is 1. The van der Waals surface area contributed by atoms with Crippen molar-refractivity contribution in [2.75, 3.05) is 30.7 Å². The largest absolute Gasteiger partial charge is 0.573 e. The van der Waals surface area contributed by atoms with Crippen LogP contribution in [0, 0.1) is 25.5 Å². The van der Waals surface area contributed by atoms with Crippen molar-refractivity contribution in [2.45, 2.75) is 71.2 Å². The van der Waals surface area contributed by atoms with Crippen LogP contribution in [0.5, 0.6) is 11.6 Å². The summed E-state index contributed by atoms with van der Waals surface area (Å²) in [5.41, 5.74) is 4.96. The van der Waals surface area contributed by atoms with Crippen LogP contribution < -0.4 is 25.8 Å². The number of halogens is 5. The number of ether oxygens (including phenoxy) is 2. The molecule has 0 saturated carbocycles. The number of aryl methyl sites for hydroxylation is 2. The van der Waals surface area contributed by atoms with Gasteiger partial charge in [-0.2, -0.15) is 0 Å². The number of hydrogen-bond acceptors (Lipinski definition) is 9. The molecule has 4 unspecified atom stereocenters. The molecule has 1 aromatic carbocycles. The van der Waals surface area contributed by atoms with E-state index in [1.54, 1.807) is 25.7 Å². The minimum atomic E-state index is -5.28. The number of β-amino-alcohol motifs (C(OH)–C–C–N with tert-alkyl or cyclic N) is 1. The van der Waals surface area contributed by atoms with Crippen LogP contribution in [0.2, 0.25) is 0 Å². The fourth-order valence-corrected chi connectivity index (χ4v) is 5.59. The molecule has 1 saturated heterocycles. The number of carbonyl (C=O) groups excluding carboxylic acids is 1. The van der Waals surface area contributed by atoms with Crippen molar-refractivity contribution >= 4 is 28.2 Å². The van der Waals surface area contributed by atoms with Gasteiger partial charge in [-0.15, -0.1) is 13.2 Å². The molecule has 4 atom stereocenters. The second-order valence-electron chi connectivity index (χ2n) is 11.1. The van der Waals surface area contributed by atoms with Crippen molar-refractivity contribution in [1.29, 1.82) is 0 Å². The molecule has 2 aliphatic heterocycles. The average molecular weight is 625 g/mol. The molecule has 0 bridgehead atoms. The Bertz CT molecular complexity index is 1600. The number of anilines is 2. The first-order chi connectivity index (χ1) is 20.7. The summed E-state index contributed by atoms with van der Waals surface area (Å²) in [7, 11) is 0. The summed E-state index contributed by atoms with van der Waals surface area (Å²) < 4.78 is 80.9. The highest BCUT2D eigenvalue weighted by Crippen LogP contribution is 2.44. The number of carbonyl (C=O) groups is 1. The highest BCUT2D eigenvalue weighted by Gasteiger charge is 2.37. The molecule has 3 aromatic rings. The van der Waals surface area contributed by atoms with Gasteiger partial charge in [0.2, 0.25) is 11.8 Å². The number of hydrogen-bond donors (Lipinski definition) is 4. The van der Waals surface area contributed by atoms with Gasteiger partial charge in [-0.25, -0.2) is 18.7 Å². The molecule has 1 amide bonds. The van der Waals surface area contributed by atoms with Crippen LogP contribution in [0.15, 0.2) is 12.1 Å². The molecule has 44 heavy (non-hydrogen) atoms. The highest BCUT2D eigenvalue weighted by molar-refractivity contribution is 6.01. The summed E-state index contributed by atoms with van der Waals surface area (Å²) in [5, 5.41) is 16.5. The Kier molecular flexibility index (Phi) is 8.46. The van der Waals surface area contributed by atoms with E-state index in [9.17, 15) is 27.5 Å². The van der Waals surface area contributed by atoms with Crippen LogP contribution in [0.1, 0.15) is 37.9 Å². The Balaban J connectivity index is 1.55. The third-order valence-corrected chi connectivity index (χ3v) is 8.03. The van der Waals surface area contributed by atoms with Gasteiger partial charge in [0.05, 0.1) is 29.1 Å². The first kappa shape index (κ1) is 31.4. The van der Waals surface area contributed by atoms with Crippen molar-refractivity contribution in [3.8, 4) is 22.9 Å². The van der Waals surface area contributed by atoms with E-state index in [0.29, 0.717) is 36.7 Å². The number of pyridine rings is 2. The summed E-state index contributed by atoms with van der Waals surface area (Å²) in [4.78, 5) is 23.5. The molecule has 15 heteroatoms. The Morgan fingerprint density at radius 2 is 2.00 bits per heavy atom. The zero-order valence-electron chi connectivity index (χ0n) is 24.5. The van der Waals surface area contributed by atoms with E-state index in [1.807, 2.05) is 6.92 Å². The Labute approximate surface area is 249 Å². The first-order valence-corrected chi connectivity index (χ1v) is 14.2. The summed E-state index contributed by atoms with van der Waals surface area (Å²) in [6.45, 7) is 7.74.